The molecule has 3 rings (SSSR count). The Morgan fingerprint density at radius 3 is 2.63 bits per heavy atom. The normalized spacial score (nSPS) is 16.1. The Bertz CT molecular complexity index is 601. The van der Waals surface area contributed by atoms with Crippen molar-refractivity contribution in [3.05, 3.63) is 34.4 Å². The molecule has 0 unspecified atom stereocenters. The molecule has 0 amide bonds. The van der Waals surface area contributed by atoms with E-state index >= 15 is 0 Å². The van der Waals surface area contributed by atoms with Gasteiger partial charge in [0.05, 0.1) is 16.8 Å². The second-order valence-electron chi connectivity index (χ2n) is 4.98. The Morgan fingerprint density at radius 2 is 1.95 bits per heavy atom. The fourth-order valence-electron chi connectivity index (χ4n) is 2.65. The molecule has 1 aromatic heterocycles. The summed E-state index contributed by atoms with van der Waals surface area (Å²) in [5, 5.41) is 5.81. The van der Waals surface area contributed by atoms with Crippen molar-refractivity contribution >= 4 is 28.9 Å². The van der Waals surface area contributed by atoms with Gasteiger partial charge in [0.15, 0.2) is 0 Å². The van der Waals surface area contributed by atoms with E-state index in [-0.39, 0.29) is 0 Å². The van der Waals surface area contributed by atoms with Gasteiger partial charge in [-0.3, -0.25) is 4.68 Å². The molecule has 2 N–H and O–H groups in total. The number of hydrogen-bond donors (Lipinski definition) is 1. The average molecular weight is 296 g/mol. The minimum absolute atomic E-state index is 0.474. The van der Waals surface area contributed by atoms with E-state index < -0.39 is 0 Å². The van der Waals surface area contributed by atoms with Crippen LogP contribution in [0, 0.1) is 0 Å². The smallest absolute Gasteiger partial charge is 0.117 e. The van der Waals surface area contributed by atoms with Crippen LogP contribution in [0.5, 0.6) is 0 Å². The second kappa shape index (κ2) is 5.06. The number of nitrogens with two attached hydrogens (primary N) is 1. The fourth-order valence-corrected chi connectivity index (χ4v) is 3.15. The number of aromatic nitrogens is 2. The van der Waals surface area contributed by atoms with Gasteiger partial charge in [-0.05, 0) is 31.0 Å². The zero-order valence-electron chi connectivity index (χ0n) is 10.4. The van der Waals surface area contributed by atoms with Crippen LogP contribution in [-0.4, -0.2) is 9.78 Å². The molecule has 2 aromatic rings. The molecular formula is C14H15Cl2N3. The molecule has 1 heterocycles. The first kappa shape index (κ1) is 12.8. The van der Waals surface area contributed by atoms with Crippen molar-refractivity contribution in [3.63, 3.8) is 0 Å². The summed E-state index contributed by atoms with van der Waals surface area (Å²) in [6.07, 6.45) is 6.79. The summed E-state index contributed by atoms with van der Waals surface area (Å²) in [5.41, 5.74) is 8.31. The van der Waals surface area contributed by atoms with Gasteiger partial charge in [0, 0.05) is 16.8 Å². The van der Waals surface area contributed by atoms with Crippen molar-refractivity contribution in [2.75, 3.05) is 5.73 Å². The number of anilines is 1. The first-order valence-electron chi connectivity index (χ1n) is 6.45. The lowest BCUT2D eigenvalue weighted by Crippen LogP contribution is -2.04. The van der Waals surface area contributed by atoms with Crippen LogP contribution in [0.3, 0.4) is 0 Å². The van der Waals surface area contributed by atoms with E-state index in [1.54, 1.807) is 12.1 Å². The Labute approximate surface area is 122 Å². The van der Waals surface area contributed by atoms with Crippen LogP contribution < -0.4 is 5.73 Å². The minimum Gasteiger partial charge on any atom is -0.396 e. The molecule has 0 atom stereocenters. The van der Waals surface area contributed by atoms with Crippen LogP contribution in [0.1, 0.15) is 31.7 Å². The number of halogens is 2. The molecule has 0 saturated heterocycles. The summed E-state index contributed by atoms with van der Waals surface area (Å²) < 4.78 is 1.99. The Kier molecular flexibility index (Phi) is 3.42. The standard InChI is InChI=1S/C14H15Cl2N3/c15-9-5-6-11(12(16)7-9)14-13(17)8-19(18-14)10-3-1-2-4-10/h5-8,10H,1-4,17H2. The number of rotatable bonds is 2. The SMILES string of the molecule is Nc1cn(C2CCCC2)nc1-c1ccc(Cl)cc1Cl. The highest BCUT2D eigenvalue weighted by atomic mass is 35.5. The average Bonchev–Trinajstić information content (AvgIpc) is 2.98. The number of hydrogen-bond acceptors (Lipinski definition) is 2. The summed E-state index contributed by atoms with van der Waals surface area (Å²) in [5.74, 6) is 0. The third-order valence-electron chi connectivity index (χ3n) is 3.65. The van der Waals surface area contributed by atoms with Crippen LogP contribution in [0.2, 0.25) is 10.0 Å². The highest BCUT2D eigenvalue weighted by molar-refractivity contribution is 6.36. The van der Waals surface area contributed by atoms with E-state index in [2.05, 4.69) is 5.10 Å². The maximum Gasteiger partial charge on any atom is 0.117 e. The van der Waals surface area contributed by atoms with Gasteiger partial charge in [-0.1, -0.05) is 36.0 Å². The van der Waals surface area contributed by atoms with Crippen molar-refractivity contribution < 1.29 is 0 Å². The van der Waals surface area contributed by atoms with Crippen molar-refractivity contribution in [1.29, 1.82) is 0 Å². The highest BCUT2D eigenvalue weighted by Crippen LogP contribution is 2.35. The van der Waals surface area contributed by atoms with E-state index in [0.717, 1.165) is 11.3 Å². The van der Waals surface area contributed by atoms with Crippen LogP contribution in [0.15, 0.2) is 24.4 Å². The largest absolute Gasteiger partial charge is 0.396 e. The maximum atomic E-state index is 6.22. The topological polar surface area (TPSA) is 43.8 Å². The molecule has 1 aliphatic rings. The highest BCUT2D eigenvalue weighted by Gasteiger charge is 2.20. The first-order valence-corrected chi connectivity index (χ1v) is 7.21. The van der Waals surface area contributed by atoms with E-state index in [9.17, 15) is 0 Å². The summed E-state index contributed by atoms with van der Waals surface area (Å²) in [6.45, 7) is 0. The second-order valence-corrected chi connectivity index (χ2v) is 5.82. The summed E-state index contributed by atoms with van der Waals surface area (Å²) in [6, 6.07) is 5.85. The molecule has 1 saturated carbocycles. The third-order valence-corrected chi connectivity index (χ3v) is 4.19. The zero-order valence-corrected chi connectivity index (χ0v) is 12.0. The molecule has 5 heteroatoms. The molecule has 1 aliphatic carbocycles. The lowest BCUT2D eigenvalue weighted by molar-refractivity contribution is 0.468. The van der Waals surface area contributed by atoms with Crippen LogP contribution in [0.25, 0.3) is 11.3 Å². The predicted octanol–water partition coefficient (Wildman–Crippen LogP) is 4.55. The van der Waals surface area contributed by atoms with E-state index in [1.165, 1.54) is 25.7 Å². The van der Waals surface area contributed by atoms with Crippen LogP contribution in [-0.2, 0) is 0 Å². The molecule has 19 heavy (non-hydrogen) atoms. The molecule has 1 aromatic carbocycles. The summed E-state index contributed by atoms with van der Waals surface area (Å²) in [4.78, 5) is 0. The molecule has 0 radical (unpaired) electrons. The molecule has 3 nitrogen and oxygen atoms in total. The van der Waals surface area contributed by atoms with Crippen LogP contribution >= 0.6 is 23.2 Å². The molecule has 0 spiro atoms. The molecule has 100 valence electrons. The Balaban J connectivity index is 2.00. The van der Waals surface area contributed by atoms with Gasteiger partial charge in [-0.25, -0.2) is 0 Å². The van der Waals surface area contributed by atoms with Gasteiger partial charge in [-0.2, -0.15) is 5.10 Å². The van der Waals surface area contributed by atoms with Crippen molar-refractivity contribution in [3.8, 4) is 11.3 Å². The Hall–Kier alpha value is -1.19. The van der Waals surface area contributed by atoms with E-state index in [0.29, 0.717) is 21.8 Å². The predicted molar refractivity (Wildman–Crippen MR) is 79.6 cm³/mol. The fraction of sp³-hybridized carbons (Fsp3) is 0.357. The van der Waals surface area contributed by atoms with Crippen LogP contribution in [0.4, 0.5) is 5.69 Å². The van der Waals surface area contributed by atoms with Gasteiger partial charge in [0.25, 0.3) is 0 Å². The summed E-state index contributed by atoms with van der Waals surface area (Å²) in [7, 11) is 0. The lowest BCUT2D eigenvalue weighted by atomic mass is 10.1. The minimum atomic E-state index is 0.474. The monoisotopic (exact) mass is 295 g/mol. The maximum absolute atomic E-state index is 6.22. The van der Waals surface area contributed by atoms with E-state index in [1.807, 2.05) is 16.9 Å². The molecule has 0 bridgehead atoms. The molecule has 0 aliphatic heterocycles. The first-order chi connectivity index (χ1) is 9.15. The van der Waals surface area contributed by atoms with Gasteiger partial charge in [0.1, 0.15) is 5.69 Å². The van der Waals surface area contributed by atoms with Gasteiger partial charge in [0.2, 0.25) is 0 Å². The van der Waals surface area contributed by atoms with E-state index in [4.69, 9.17) is 28.9 Å². The lowest BCUT2D eigenvalue weighted by Gasteiger charge is -2.08. The quantitative estimate of drug-likeness (QED) is 0.883. The Morgan fingerprint density at radius 1 is 1.21 bits per heavy atom. The van der Waals surface area contributed by atoms with Gasteiger partial charge >= 0.3 is 0 Å². The number of benzene rings is 1. The molecule has 1 fully saturated rings. The zero-order chi connectivity index (χ0) is 13.4. The number of nitrogen functional groups attached to an aromatic ring is 1. The molecular weight excluding hydrogens is 281 g/mol. The van der Waals surface area contributed by atoms with Gasteiger partial charge < -0.3 is 5.73 Å². The van der Waals surface area contributed by atoms with Crippen molar-refractivity contribution in [1.82, 2.24) is 9.78 Å². The van der Waals surface area contributed by atoms with Crippen molar-refractivity contribution in [2.45, 2.75) is 31.7 Å². The number of nitrogens with zero attached hydrogens (tertiary/aromatic N) is 2. The summed E-state index contributed by atoms with van der Waals surface area (Å²) >= 11 is 12.1. The van der Waals surface area contributed by atoms with Gasteiger partial charge in [-0.15, -0.1) is 0 Å². The van der Waals surface area contributed by atoms with Crippen molar-refractivity contribution in [2.24, 2.45) is 0 Å². The third kappa shape index (κ3) is 2.45.